The minimum absolute atomic E-state index is 0.167. The molecule has 0 saturated heterocycles. The Morgan fingerprint density at radius 1 is 1.40 bits per heavy atom. The van der Waals surface area contributed by atoms with Crippen LogP contribution in [0.2, 0.25) is 0 Å². The summed E-state index contributed by atoms with van der Waals surface area (Å²) < 4.78 is 16.3. The van der Waals surface area contributed by atoms with Gasteiger partial charge in [0.15, 0.2) is 0 Å². The zero-order chi connectivity index (χ0) is 19.2. The van der Waals surface area contributed by atoms with Crippen molar-refractivity contribution in [3.8, 4) is 6.07 Å². The monoisotopic (exact) mass is 369 g/mol. The fourth-order valence-electron chi connectivity index (χ4n) is 1.69. The SMILES string of the molecule is C=C/C(=C(\C)Cl)c1nc(C#N)c(NCCOCCOC(C)C)o1.CC. The van der Waals surface area contributed by atoms with Gasteiger partial charge in [-0.05, 0) is 20.8 Å². The van der Waals surface area contributed by atoms with Gasteiger partial charge in [0.25, 0.3) is 0 Å². The van der Waals surface area contributed by atoms with Crippen LogP contribution in [-0.2, 0) is 9.47 Å². The molecule has 0 atom stereocenters. The molecule has 6 nitrogen and oxygen atoms in total. The van der Waals surface area contributed by atoms with Gasteiger partial charge < -0.3 is 19.2 Å². The number of halogens is 1. The highest BCUT2D eigenvalue weighted by Crippen LogP contribution is 2.26. The van der Waals surface area contributed by atoms with Crippen molar-refractivity contribution >= 4 is 23.1 Å². The van der Waals surface area contributed by atoms with Crippen LogP contribution >= 0.6 is 11.6 Å². The first-order valence-corrected chi connectivity index (χ1v) is 8.70. The van der Waals surface area contributed by atoms with E-state index in [1.54, 1.807) is 6.92 Å². The van der Waals surface area contributed by atoms with E-state index in [0.29, 0.717) is 42.9 Å². The first-order valence-electron chi connectivity index (χ1n) is 8.32. The lowest BCUT2D eigenvalue weighted by Gasteiger charge is -2.08. The van der Waals surface area contributed by atoms with Crippen molar-refractivity contribution in [1.29, 1.82) is 5.26 Å². The number of aromatic nitrogens is 1. The van der Waals surface area contributed by atoms with Crippen LogP contribution in [0.15, 0.2) is 22.1 Å². The molecule has 1 aromatic rings. The molecule has 0 spiro atoms. The molecular formula is C18H28ClN3O3. The molecule has 0 aliphatic heterocycles. The Morgan fingerprint density at radius 2 is 2.08 bits per heavy atom. The summed E-state index contributed by atoms with van der Waals surface area (Å²) in [5.41, 5.74) is 0.721. The highest BCUT2D eigenvalue weighted by molar-refractivity contribution is 6.32. The maximum absolute atomic E-state index is 9.11. The van der Waals surface area contributed by atoms with Crippen molar-refractivity contribution in [3.05, 3.63) is 29.3 Å². The van der Waals surface area contributed by atoms with Crippen LogP contribution in [0.25, 0.3) is 5.57 Å². The van der Waals surface area contributed by atoms with Gasteiger partial charge in [0, 0.05) is 11.6 Å². The van der Waals surface area contributed by atoms with Crippen LogP contribution in [0.1, 0.15) is 46.2 Å². The second-order valence-electron chi connectivity index (χ2n) is 4.92. The van der Waals surface area contributed by atoms with Crippen molar-refractivity contribution in [1.82, 2.24) is 4.98 Å². The smallest absolute Gasteiger partial charge is 0.232 e. The van der Waals surface area contributed by atoms with E-state index in [1.807, 2.05) is 33.8 Å². The third-order valence-corrected chi connectivity index (χ3v) is 2.95. The summed E-state index contributed by atoms with van der Waals surface area (Å²) >= 11 is 5.95. The fraction of sp³-hybridized carbons (Fsp3) is 0.556. The molecule has 1 aromatic heterocycles. The Morgan fingerprint density at radius 3 is 2.60 bits per heavy atom. The van der Waals surface area contributed by atoms with Gasteiger partial charge >= 0.3 is 0 Å². The molecule has 0 aromatic carbocycles. The summed E-state index contributed by atoms with van der Waals surface area (Å²) in [6, 6.07) is 1.98. The number of hydrogen-bond donors (Lipinski definition) is 1. The summed E-state index contributed by atoms with van der Waals surface area (Å²) in [6.45, 7) is 15.3. The van der Waals surface area contributed by atoms with Crippen molar-refractivity contribution in [2.45, 2.75) is 40.7 Å². The first-order chi connectivity index (χ1) is 12.0. The van der Waals surface area contributed by atoms with Gasteiger partial charge in [0.2, 0.25) is 17.5 Å². The lowest BCUT2D eigenvalue weighted by molar-refractivity contribution is 0.0222. The van der Waals surface area contributed by atoms with E-state index in [4.69, 9.17) is 30.8 Å². The molecular weight excluding hydrogens is 342 g/mol. The maximum atomic E-state index is 9.11. The van der Waals surface area contributed by atoms with Gasteiger partial charge in [-0.3, -0.25) is 0 Å². The number of nitriles is 1. The standard InChI is InChI=1S/C16H22ClN3O3.C2H6/c1-5-13(12(4)17)15-20-14(10-18)16(23-15)19-6-7-21-8-9-22-11(2)3;1-2/h5,11,19H,1,6-9H2,2-4H3;1-2H3/b13-12-;. The minimum atomic E-state index is 0.167. The molecule has 0 radical (unpaired) electrons. The average molecular weight is 370 g/mol. The predicted octanol–water partition coefficient (Wildman–Crippen LogP) is 4.58. The van der Waals surface area contributed by atoms with E-state index in [0.717, 1.165) is 0 Å². The molecule has 1 N–H and O–H groups in total. The second kappa shape index (κ2) is 13.5. The number of nitrogens with zero attached hydrogens (tertiary/aromatic N) is 2. The molecule has 0 fully saturated rings. The molecule has 1 rings (SSSR count). The van der Waals surface area contributed by atoms with E-state index in [9.17, 15) is 0 Å². The Bertz CT molecular complexity index is 585. The van der Waals surface area contributed by atoms with Crippen LogP contribution in [-0.4, -0.2) is 37.5 Å². The number of oxazole rings is 1. The van der Waals surface area contributed by atoms with Crippen LogP contribution in [0.4, 0.5) is 5.88 Å². The first kappa shape index (κ1) is 23.2. The number of rotatable bonds is 10. The quantitative estimate of drug-likeness (QED) is 0.480. The molecule has 0 amide bonds. The molecule has 0 aliphatic rings. The topological polar surface area (TPSA) is 80.3 Å². The largest absolute Gasteiger partial charge is 0.419 e. The van der Waals surface area contributed by atoms with Crippen molar-refractivity contribution in [2.75, 3.05) is 31.7 Å². The fourth-order valence-corrected chi connectivity index (χ4v) is 1.85. The molecule has 140 valence electrons. The summed E-state index contributed by atoms with van der Waals surface area (Å²) in [7, 11) is 0. The Labute approximate surface area is 155 Å². The van der Waals surface area contributed by atoms with Crippen molar-refractivity contribution in [2.24, 2.45) is 0 Å². The highest BCUT2D eigenvalue weighted by Gasteiger charge is 2.15. The van der Waals surface area contributed by atoms with E-state index in [1.165, 1.54) is 6.08 Å². The molecule has 0 bridgehead atoms. The van der Waals surface area contributed by atoms with Crippen LogP contribution in [0, 0.1) is 11.3 Å². The van der Waals surface area contributed by atoms with Crippen molar-refractivity contribution < 1.29 is 13.9 Å². The van der Waals surface area contributed by atoms with Crippen molar-refractivity contribution in [3.63, 3.8) is 0 Å². The van der Waals surface area contributed by atoms with E-state index in [2.05, 4.69) is 16.9 Å². The van der Waals surface area contributed by atoms with Gasteiger partial charge in [0.05, 0.1) is 31.5 Å². The number of nitrogens with one attached hydrogen (secondary N) is 1. The molecule has 0 saturated carbocycles. The van der Waals surface area contributed by atoms with E-state index < -0.39 is 0 Å². The third-order valence-electron chi connectivity index (χ3n) is 2.75. The normalized spacial score (nSPS) is 11.3. The zero-order valence-corrected chi connectivity index (χ0v) is 16.4. The van der Waals surface area contributed by atoms with Crippen LogP contribution < -0.4 is 5.32 Å². The molecule has 7 heteroatoms. The van der Waals surface area contributed by atoms with E-state index >= 15 is 0 Å². The predicted molar refractivity (Wildman–Crippen MR) is 102 cm³/mol. The lowest BCUT2D eigenvalue weighted by atomic mass is 10.2. The van der Waals surface area contributed by atoms with Crippen LogP contribution in [0.3, 0.4) is 0 Å². The van der Waals surface area contributed by atoms with E-state index in [-0.39, 0.29) is 17.7 Å². The molecule has 1 heterocycles. The summed E-state index contributed by atoms with van der Waals surface area (Å²) in [6.07, 6.45) is 1.73. The second-order valence-corrected chi connectivity index (χ2v) is 5.49. The number of anilines is 1. The maximum Gasteiger partial charge on any atom is 0.232 e. The number of allylic oxidation sites excluding steroid dienone is 3. The number of ether oxygens (including phenoxy) is 2. The number of hydrogen-bond acceptors (Lipinski definition) is 6. The Balaban J connectivity index is 0.00000277. The Hall–Kier alpha value is -1.81. The zero-order valence-electron chi connectivity index (χ0n) is 15.7. The molecule has 0 aliphatic carbocycles. The highest BCUT2D eigenvalue weighted by atomic mass is 35.5. The van der Waals surface area contributed by atoms with Gasteiger partial charge in [-0.2, -0.15) is 10.2 Å². The Kier molecular flexibility index (Phi) is 12.5. The summed E-state index contributed by atoms with van der Waals surface area (Å²) in [4.78, 5) is 4.10. The summed E-state index contributed by atoms with van der Waals surface area (Å²) in [5, 5.41) is 12.6. The average Bonchev–Trinajstić information content (AvgIpc) is 2.98. The third kappa shape index (κ3) is 8.73. The van der Waals surface area contributed by atoms with Gasteiger partial charge in [-0.15, -0.1) is 0 Å². The van der Waals surface area contributed by atoms with Crippen LogP contribution in [0.5, 0.6) is 0 Å². The van der Waals surface area contributed by atoms with Gasteiger partial charge in [0.1, 0.15) is 6.07 Å². The van der Waals surface area contributed by atoms with Gasteiger partial charge in [-0.25, -0.2) is 0 Å². The summed E-state index contributed by atoms with van der Waals surface area (Å²) in [5.74, 6) is 0.555. The molecule has 0 unspecified atom stereocenters. The van der Waals surface area contributed by atoms with Gasteiger partial charge in [-0.1, -0.05) is 38.1 Å². The lowest BCUT2D eigenvalue weighted by Crippen LogP contribution is -2.14. The minimum Gasteiger partial charge on any atom is -0.419 e. The molecule has 25 heavy (non-hydrogen) atoms.